The fraction of sp³-hybridized carbons (Fsp3) is 0.368. The standard InChI is InChI=1S/C19H22ClN3O4/c20-15-2-1-3-17(12-15)22-10-8-21(9-11-22)13-18(24)14-27-19-6-4-16(5-7-19)23(25)26/h1-7,12,18,24H,8-11,13-14H2/p+1/t18-/m0/s1. The van der Waals surface area contributed by atoms with Gasteiger partial charge in [-0.3, -0.25) is 10.1 Å². The van der Waals surface area contributed by atoms with Gasteiger partial charge in [0, 0.05) is 22.8 Å². The van der Waals surface area contributed by atoms with Gasteiger partial charge in [0.25, 0.3) is 5.69 Å². The van der Waals surface area contributed by atoms with Gasteiger partial charge in [0.1, 0.15) is 25.0 Å². The Morgan fingerprint density at radius 1 is 1.22 bits per heavy atom. The highest BCUT2D eigenvalue weighted by molar-refractivity contribution is 6.30. The summed E-state index contributed by atoms with van der Waals surface area (Å²) in [6.45, 7) is 4.45. The van der Waals surface area contributed by atoms with Crippen LogP contribution in [0.5, 0.6) is 5.75 Å². The number of quaternary nitrogens is 1. The molecule has 27 heavy (non-hydrogen) atoms. The lowest BCUT2D eigenvalue weighted by atomic mass is 10.2. The summed E-state index contributed by atoms with van der Waals surface area (Å²) in [6, 6.07) is 13.7. The molecule has 2 aromatic carbocycles. The minimum atomic E-state index is -0.590. The number of nitro benzene ring substituents is 1. The predicted octanol–water partition coefficient (Wildman–Crippen LogP) is 1.39. The zero-order valence-electron chi connectivity index (χ0n) is 14.9. The number of ether oxygens (including phenoxy) is 1. The van der Waals surface area contributed by atoms with Gasteiger partial charge in [-0.15, -0.1) is 0 Å². The number of halogens is 1. The van der Waals surface area contributed by atoms with Gasteiger partial charge in [-0.1, -0.05) is 17.7 Å². The highest BCUT2D eigenvalue weighted by Crippen LogP contribution is 2.19. The van der Waals surface area contributed by atoms with Crippen LogP contribution in [0.3, 0.4) is 0 Å². The van der Waals surface area contributed by atoms with Crippen molar-refractivity contribution in [2.45, 2.75) is 6.10 Å². The molecule has 1 aliphatic heterocycles. The molecule has 1 atom stereocenters. The summed E-state index contributed by atoms with van der Waals surface area (Å²) in [4.78, 5) is 13.8. The first kappa shape index (κ1) is 19.4. The van der Waals surface area contributed by atoms with Gasteiger partial charge in [0.05, 0.1) is 31.1 Å². The van der Waals surface area contributed by atoms with Crippen molar-refractivity contribution >= 4 is 23.0 Å². The van der Waals surface area contributed by atoms with Crippen LogP contribution in [-0.4, -0.2) is 55.5 Å². The van der Waals surface area contributed by atoms with Gasteiger partial charge in [0.15, 0.2) is 0 Å². The van der Waals surface area contributed by atoms with E-state index in [1.807, 2.05) is 18.2 Å². The molecule has 0 unspecified atom stereocenters. The second kappa shape index (κ2) is 9.03. The van der Waals surface area contributed by atoms with E-state index in [-0.39, 0.29) is 12.3 Å². The number of piperazine rings is 1. The van der Waals surface area contributed by atoms with Gasteiger partial charge in [-0.25, -0.2) is 0 Å². The molecule has 2 aromatic rings. The Morgan fingerprint density at radius 2 is 1.93 bits per heavy atom. The summed E-state index contributed by atoms with van der Waals surface area (Å²) in [6.07, 6.45) is -0.590. The predicted molar refractivity (Wildman–Crippen MR) is 104 cm³/mol. The fourth-order valence-electron chi connectivity index (χ4n) is 3.21. The largest absolute Gasteiger partial charge is 0.491 e. The molecule has 1 heterocycles. The summed E-state index contributed by atoms with van der Waals surface area (Å²) in [5, 5.41) is 21.6. The number of aliphatic hydroxyl groups is 1. The molecule has 2 N–H and O–H groups in total. The van der Waals surface area contributed by atoms with Gasteiger partial charge in [0.2, 0.25) is 0 Å². The average molecular weight is 393 g/mol. The minimum Gasteiger partial charge on any atom is -0.491 e. The highest BCUT2D eigenvalue weighted by Gasteiger charge is 2.23. The molecule has 0 aromatic heterocycles. The lowest BCUT2D eigenvalue weighted by molar-refractivity contribution is -0.903. The first-order chi connectivity index (χ1) is 13.0. The number of hydrogen-bond donors (Lipinski definition) is 2. The molecular weight excluding hydrogens is 370 g/mol. The lowest BCUT2D eigenvalue weighted by Gasteiger charge is -2.34. The van der Waals surface area contributed by atoms with Crippen LogP contribution in [0.25, 0.3) is 0 Å². The Hall–Kier alpha value is -2.35. The van der Waals surface area contributed by atoms with Gasteiger partial charge < -0.3 is 19.6 Å². The summed E-state index contributed by atoms with van der Waals surface area (Å²) >= 11 is 6.06. The number of non-ortho nitro benzene ring substituents is 1. The number of nitrogens with zero attached hydrogens (tertiary/aromatic N) is 2. The van der Waals surface area contributed by atoms with Crippen molar-refractivity contribution in [1.29, 1.82) is 0 Å². The van der Waals surface area contributed by atoms with Crippen molar-refractivity contribution in [2.75, 3.05) is 44.2 Å². The van der Waals surface area contributed by atoms with Crippen LogP contribution < -0.4 is 14.5 Å². The zero-order valence-corrected chi connectivity index (χ0v) is 15.6. The van der Waals surface area contributed by atoms with E-state index >= 15 is 0 Å². The van der Waals surface area contributed by atoms with Crippen LogP contribution >= 0.6 is 11.6 Å². The molecule has 1 aliphatic rings. The van der Waals surface area contributed by atoms with E-state index in [1.54, 1.807) is 12.1 Å². The second-order valence-electron chi connectivity index (χ2n) is 6.64. The van der Waals surface area contributed by atoms with Gasteiger partial charge in [-0.05, 0) is 30.3 Å². The first-order valence-corrected chi connectivity index (χ1v) is 9.28. The Labute approximate surface area is 162 Å². The number of anilines is 1. The van der Waals surface area contributed by atoms with E-state index in [9.17, 15) is 15.2 Å². The smallest absolute Gasteiger partial charge is 0.269 e. The Balaban J connectivity index is 1.41. The van der Waals surface area contributed by atoms with Crippen molar-refractivity contribution in [3.63, 3.8) is 0 Å². The van der Waals surface area contributed by atoms with Crippen LogP contribution in [0.15, 0.2) is 48.5 Å². The first-order valence-electron chi connectivity index (χ1n) is 8.90. The number of benzene rings is 2. The molecule has 7 nitrogen and oxygen atoms in total. The van der Waals surface area contributed by atoms with Crippen LogP contribution in [-0.2, 0) is 0 Å². The summed E-state index contributed by atoms with van der Waals surface area (Å²) in [5.74, 6) is 0.514. The molecule has 0 spiro atoms. The van der Waals surface area contributed by atoms with Crippen molar-refractivity contribution < 1.29 is 19.7 Å². The minimum absolute atomic E-state index is 0.0184. The maximum atomic E-state index is 10.6. The number of rotatable bonds is 7. The average Bonchev–Trinajstić information content (AvgIpc) is 2.67. The highest BCUT2D eigenvalue weighted by atomic mass is 35.5. The molecule has 0 amide bonds. The second-order valence-corrected chi connectivity index (χ2v) is 7.07. The van der Waals surface area contributed by atoms with E-state index < -0.39 is 11.0 Å². The third-order valence-electron chi connectivity index (χ3n) is 4.66. The maximum absolute atomic E-state index is 10.6. The van der Waals surface area contributed by atoms with E-state index in [0.29, 0.717) is 12.3 Å². The van der Waals surface area contributed by atoms with Crippen molar-refractivity contribution in [1.82, 2.24) is 0 Å². The maximum Gasteiger partial charge on any atom is 0.269 e. The molecule has 144 valence electrons. The molecule has 0 bridgehead atoms. The molecule has 1 fully saturated rings. The number of hydrogen-bond acceptors (Lipinski definition) is 5. The molecule has 0 aliphatic carbocycles. The number of nitrogens with one attached hydrogen (secondary N) is 1. The van der Waals surface area contributed by atoms with Crippen molar-refractivity contribution in [2.24, 2.45) is 0 Å². The number of aliphatic hydroxyl groups excluding tert-OH is 1. The molecule has 3 rings (SSSR count). The Kier molecular flexibility index (Phi) is 6.49. The molecule has 8 heteroatoms. The fourth-order valence-corrected chi connectivity index (χ4v) is 3.39. The van der Waals surface area contributed by atoms with E-state index in [4.69, 9.17) is 16.3 Å². The molecular formula is C19H23ClN3O4+. The molecule has 0 saturated carbocycles. The van der Waals surface area contributed by atoms with Crippen LogP contribution in [0, 0.1) is 10.1 Å². The topological polar surface area (TPSA) is 80.3 Å². The summed E-state index contributed by atoms with van der Waals surface area (Å²) in [7, 11) is 0. The monoisotopic (exact) mass is 392 g/mol. The van der Waals surface area contributed by atoms with E-state index in [0.717, 1.165) is 36.9 Å². The van der Waals surface area contributed by atoms with E-state index in [1.165, 1.54) is 17.0 Å². The Morgan fingerprint density at radius 3 is 2.56 bits per heavy atom. The van der Waals surface area contributed by atoms with Crippen LogP contribution in [0.4, 0.5) is 11.4 Å². The van der Waals surface area contributed by atoms with Crippen molar-refractivity contribution in [3.05, 3.63) is 63.7 Å². The Bertz CT molecular complexity index is 764. The SMILES string of the molecule is O=[N+]([O-])c1ccc(OC[C@@H](O)C[NH+]2CCN(c3cccc(Cl)c3)CC2)cc1. The summed E-state index contributed by atoms with van der Waals surface area (Å²) in [5.41, 5.74) is 1.15. The van der Waals surface area contributed by atoms with Crippen LogP contribution in [0.2, 0.25) is 5.02 Å². The number of nitro groups is 1. The normalized spacial score (nSPS) is 16.1. The van der Waals surface area contributed by atoms with Crippen LogP contribution in [0.1, 0.15) is 0 Å². The lowest BCUT2D eigenvalue weighted by Crippen LogP contribution is -3.16. The van der Waals surface area contributed by atoms with Gasteiger partial charge in [-0.2, -0.15) is 0 Å². The summed E-state index contributed by atoms with van der Waals surface area (Å²) < 4.78 is 5.54. The molecule has 0 radical (unpaired) electrons. The third-order valence-corrected chi connectivity index (χ3v) is 4.89. The van der Waals surface area contributed by atoms with Crippen molar-refractivity contribution in [3.8, 4) is 5.75 Å². The quantitative estimate of drug-likeness (QED) is 0.550. The molecule has 1 saturated heterocycles. The zero-order chi connectivity index (χ0) is 19.2. The third kappa shape index (κ3) is 5.56. The van der Waals surface area contributed by atoms with E-state index in [2.05, 4.69) is 11.0 Å². The van der Waals surface area contributed by atoms with Gasteiger partial charge >= 0.3 is 0 Å².